The molecule has 0 aliphatic heterocycles. The summed E-state index contributed by atoms with van der Waals surface area (Å²) in [6.07, 6.45) is 0. The molecule has 0 atom stereocenters. The highest BCUT2D eigenvalue weighted by Gasteiger charge is 2.39. The zero-order valence-electron chi connectivity index (χ0n) is 13.3. The van der Waals surface area contributed by atoms with E-state index in [0.29, 0.717) is 5.69 Å². The summed E-state index contributed by atoms with van der Waals surface area (Å²) in [5.74, 6) is -2.07. The Morgan fingerprint density at radius 1 is 1.07 bits per heavy atom. The molecule has 0 saturated carbocycles. The maximum absolute atomic E-state index is 13.1. The monoisotopic (exact) mass is 510 g/mol. The summed E-state index contributed by atoms with van der Waals surface area (Å²) in [4.78, 5) is 24.4. The van der Waals surface area contributed by atoms with Crippen molar-refractivity contribution in [1.82, 2.24) is 0 Å². The van der Waals surface area contributed by atoms with Crippen LogP contribution in [0.5, 0.6) is 0 Å². The minimum atomic E-state index is -5.99. The predicted octanol–water partition coefficient (Wildman–Crippen LogP) is 2.84. The van der Waals surface area contributed by atoms with Crippen LogP contribution in [0.25, 0.3) is 0 Å². The second-order valence-electron chi connectivity index (χ2n) is 5.17. The second kappa shape index (κ2) is 8.27. The van der Waals surface area contributed by atoms with Gasteiger partial charge in [0.15, 0.2) is 16.7 Å². The Morgan fingerprint density at radius 3 is 2.19 bits per heavy atom. The van der Waals surface area contributed by atoms with Gasteiger partial charge in [-0.1, -0.05) is 12.1 Å². The van der Waals surface area contributed by atoms with Crippen molar-refractivity contribution >= 4 is 50.3 Å². The zero-order chi connectivity index (χ0) is 20.2. The van der Waals surface area contributed by atoms with Crippen molar-refractivity contribution in [2.45, 2.75) is 5.25 Å². The maximum Gasteiger partial charge on any atom is 0.367 e. The quantitative estimate of drug-likeness (QED) is 0.364. The van der Waals surface area contributed by atoms with E-state index in [0.717, 1.165) is 9.64 Å². The summed E-state index contributed by atoms with van der Waals surface area (Å²) in [6, 6.07) is 11.9. The van der Waals surface area contributed by atoms with Gasteiger partial charge >= 0.3 is 11.2 Å². The first-order chi connectivity index (χ1) is 12.5. The van der Waals surface area contributed by atoms with Gasteiger partial charge in [0.25, 0.3) is 5.91 Å². The molecule has 0 aliphatic carbocycles. The van der Waals surface area contributed by atoms with Crippen LogP contribution >= 0.6 is 22.6 Å². The average molecular weight is 510 g/mol. The molecule has 2 aromatic carbocycles. The van der Waals surface area contributed by atoms with Gasteiger partial charge in [0.05, 0.1) is 11.1 Å². The van der Waals surface area contributed by atoms with E-state index in [-0.39, 0.29) is 11.1 Å². The first-order valence-electron chi connectivity index (χ1n) is 7.17. The Morgan fingerprint density at radius 2 is 1.63 bits per heavy atom. The lowest BCUT2D eigenvalue weighted by atomic mass is 10.1. The smallest absolute Gasteiger partial charge is 0.367 e. The van der Waals surface area contributed by atoms with E-state index in [4.69, 9.17) is 0 Å². The molecular formula is C16H11F2INO6S-. The molecule has 0 aromatic heterocycles. The van der Waals surface area contributed by atoms with Gasteiger partial charge in [0.2, 0.25) is 0 Å². The van der Waals surface area contributed by atoms with Gasteiger partial charge < -0.3 is 14.6 Å². The second-order valence-corrected chi connectivity index (χ2v) is 7.93. The molecule has 0 heterocycles. The van der Waals surface area contributed by atoms with Crippen molar-refractivity contribution in [3.05, 3.63) is 63.2 Å². The molecule has 144 valence electrons. The van der Waals surface area contributed by atoms with Crippen LogP contribution in [0.2, 0.25) is 0 Å². The predicted molar refractivity (Wildman–Crippen MR) is 98.5 cm³/mol. The van der Waals surface area contributed by atoms with Crippen LogP contribution in [-0.4, -0.2) is 36.7 Å². The van der Waals surface area contributed by atoms with Crippen molar-refractivity contribution in [2.24, 2.45) is 0 Å². The van der Waals surface area contributed by atoms with Crippen molar-refractivity contribution in [2.75, 3.05) is 11.9 Å². The third-order valence-electron chi connectivity index (χ3n) is 3.23. The molecule has 27 heavy (non-hydrogen) atoms. The summed E-state index contributed by atoms with van der Waals surface area (Å²) in [5.41, 5.74) is -0.0958. The van der Waals surface area contributed by atoms with Crippen molar-refractivity contribution < 1.29 is 36.1 Å². The van der Waals surface area contributed by atoms with Gasteiger partial charge in [-0.2, -0.15) is 8.78 Å². The number of esters is 1. The van der Waals surface area contributed by atoms with E-state index < -0.39 is 33.9 Å². The summed E-state index contributed by atoms with van der Waals surface area (Å²) < 4.78 is 62.7. The largest absolute Gasteiger partial charge is 0.743 e. The third kappa shape index (κ3) is 5.43. The number of benzene rings is 2. The van der Waals surface area contributed by atoms with Crippen LogP contribution in [0.3, 0.4) is 0 Å². The van der Waals surface area contributed by atoms with Gasteiger partial charge in [-0.05, 0) is 59.0 Å². The molecule has 0 fully saturated rings. The number of carbonyl (C=O) groups is 2. The highest BCUT2D eigenvalue weighted by Crippen LogP contribution is 2.22. The van der Waals surface area contributed by atoms with Crippen LogP contribution in [0.1, 0.15) is 20.7 Å². The summed E-state index contributed by atoms with van der Waals surface area (Å²) >= 11 is 2.08. The van der Waals surface area contributed by atoms with E-state index in [9.17, 15) is 31.3 Å². The lowest BCUT2D eigenvalue weighted by Crippen LogP contribution is -2.35. The highest BCUT2D eigenvalue weighted by molar-refractivity contribution is 14.1. The number of ether oxygens (including phenoxy) is 1. The third-order valence-corrected chi connectivity index (χ3v) is 4.80. The summed E-state index contributed by atoms with van der Waals surface area (Å²) in [6.45, 7) is -1.95. The van der Waals surface area contributed by atoms with Crippen LogP contribution in [-0.2, 0) is 14.9 Å². The summed E-state index contributed by atoms with van der Waals surface area (Å²) in [5, 5.41) is -2.24. The normalized spacial score (nSPS) is 11.7. The van der Waals surface area contributed by atoms with Gasteiger partial charge in [-0.15, -0.1) is 0 Å². The molecule has 0 spiro atoms. The van der Waals surface area contributed by atoms with E-state index in [2.05, 4.69) is 32.6 Å². The first kappa shape index (κ1) is 21.2. The fourth-order valence-corrected chi connectivity index (χ4v) is 2.45. The molecule has 2 aromatic rings. The molecule has 1 N–H and O–H groups in total. The number of alkyl halides is 2. The number of halogens is 3. The number of hydrogen-bond acceptors (Lipinski definition) is 6. The topological polar surface area (TPSA) is 113 Å². The van der Waals surface area contributed by atoms with Gasteiger partial charge in [-0.3, -0.25) is 4.79 Å². The number of hydrogen-bond donors (Lipinski definition) is 1. The molecule has 0 aliphatic rings. The molecule has 0 radical (unpaired) electrons. The van der Waals surface area contributed by atoms with Crippen LogP contribution in [0.15, 0.2) is 48.5 Å². The molecule has 1 amide bonds. The molecule has 2 rings (SSSR count). The van der Waals surface area contributed by atoms with Crippen LogP contribution in [0.4, 0.5) is 14.5 Å². The van der Waals surface area contributed by atoms with Crippen LogP contribution < -0.4 is 5.32 Å². The minimum Gasteiger partial charge on any atom is -0.743 e. The standard InChI is InChI=1S/C16H12F2INO6S/c17-16(18,27(23,24)25)9-26-15(22)13-4-2-1-3-12(13)14(21)20-11-7-5-10(19)6-8-11/h1-8H,9H2,(H,20,21)(H,23,24,25)/p-1. The molecule has 7 nitrogen and oxygen atoms in total. The number of anilines is 1. The van der Waals surface area contributed by atoms with E-state index in [1.807, 2.05) is 0 Å². The Bertz CT molecular complexity index is 963. The Kier molecular flexibility index (Phi) is 6.49. The lowest BCUT2D eigenvalue weighted by Gasteiger charge is -2.19. The molecule has 0 saturated heterocycles. The van der Waals surface area contributed by atoms with Gasteiger partial charge in [0.1, 0.15) is 0 Å². The maximum atomic E-state index is 13.1. The number of carbonyl (C=O) groups excluding carboxylic acids is 2. The van der Waals surface area contributed by atoms with Crippen molar-refractivity contribution in [3.8, 4) is 0 Å². The van der Waals surface area contributed by atoms with E-state index in [1.165, 1.54) is 18.2 Å². The molecule has 0 unspecified atom stereocenters. The van der Waals surface area contributed by atoms with Crippen molar-refractivity contribution in [3.63, 3.8) is 0 Å². The van der Waals surface area contributed by atoms with E-state index >= 15 is 0 Å². The number of rotatable bonds is 6. The molecular weight excluding hydrogens is 499 g/mol. The van der Waals surface area contributed by atoms with E-state index in [1.54, 1.807) is 24.3 Å². The first-order valence-corrected chi connectivity index (χ1v) is 9.66. The van der Waals surface area contributed by atoms with Gasteiger partial charge in [-0.25, -0.2) is 13.2 Å². The SMILES string of the molecule is O=C(Nc1ccc(I)cc1)c1ccccc1C(=O)OCC(F)(F)S(=O)(=O)[O-]. The minimum absolute atomic E-state index is 0.172. The molecule has 11 heteroatoms. The van der Waals surface area contributed by atoms with Gasteiger partial charge in [0, 0.05) is 9.26 Å². The Labute approximate surface area is 166 Å². The van der Waals surface area contributed by atoms with Crippen LogP contribution in [0, 0.1) is 3.57 Å². The fraction of sp³-hybridized carbons (Fsp3) is 0.125. The Balaban J connectivity index is 2.18. The fourth-order valence-electron chi connectivity index (χ4n) is 1.89. The highest BCUT2D eigenvalue weighted by atomic mass is 127. The van der Waals surface area contributed by atoms with Crippen molar-refractivity contribution in [1.29, 1.82) is 0 Å². The number of amides is 1. The molecule has 0 bridgehead atoms. The lowest BCUT2D eigenvalue weighted by molar-refractivity contribution is -0.0100. The zero-order valence-corrected chi connectivity index (χ0v) is 16.3. The average Bonchev–Trinajstić information content (AvgIpc) is 2.60. The number of nitrogens with one attached hydrogen (secondary N) is 1. The summed E-state index contributed by atoms with van der Waals surface area (Å²) in [7, 11) is -5.99. The Hall–Kier alpha value is -2.12.